The summed E-state index contributed by atoms with van der Waals surface area (Å²) in [4.78, 5) is 0. The molecule has 0 atom stereocenters. The summed E-state index contributed by atoms with van der Waals surface area (Å²) in [5.74, 6) is 0. The highest BCUT2D eigenvalue weighted by atomic mass is 14.7. The van der Waals surface area contributed by atoms with Gasteiger partial charge in [-0.3, -0.25) is 0 Å². The van der Waals surface area contributed by atoms with Crippen LogP contribution in [0.3, 0.4) is 0 Å². The van der Waals surface area contributed by atoms with Crippen molar-refractivity contribution in [3.63, 3.8) is 0 Å². The van der Waals surface area contributed by atoms with Gasteiger partial charge in [-0.2, -0.15) is 0 Å². The summed E-state index contributed by atoms with van der Waals surface area (Å²) < 4.78 is 0. The van der Waals surface area contributed by atoms with E-state index in [1.807, 2.05) is 32.0 Å². The zero-order chi connectivity index (χ0) is 7.56. The monoisotopic (exact) mass is 131 g/mol. The van der Waals surface area contributed by atoms with Crippen LogP contribution in [-0.4, -0.2) is 7.98 Å². The van der Waals surface area contributed by atoms with E-state index in [9.17, 15) is 0 Å². The van der Waals surface area contributed by atoms with E-state index >= 15 is 0 Å². The van der Waals surface area contributed by atoms with Crippen LogP contribution in [0.25, 0.3) is 0 Å². The summed E-state index contributed by atoms with van der Waals surface area (Å²) in [5, 5.41) is 2.66. The molecule has 0 saturated heterocycles. The highest BCUT2D eigenvalue weighted by Gasteiger charge is 1.95. The molecule has 0 bridgehead atoms. The zero-order valence-corrected chi connectivity index (χ0v) is 6.31. The van der Waals surface area contributed by atoms with Gasteiger partial charge in [-0.25, -0.2) is 0 Å². The van der Waals surface area contributed by atoms with Gasteiger partial charge in [-0.1, -0.05) is 18.2 Å². The molecule has 1 N–H and O–H groups in total. The molecule has 0 aliphatic rings. The number of hydrogen-bond acceptors (Lipinski definition) is 1. The molecule has 2 heteroatoms. The van der Waals surface area contributed by atoms with E-state index in [0.29, 0.717) is 0 Å². The van der Waals surface area contributed by atoms with Crippen LogP contribution in [0.5, 0.6) is 0 Å². The van der Waals surface area contributed by atoms with Gasteiger partial charge < -0.3 is 5.23 Å². The van der Waals surface area contributed by atoms with Gasteiger partial charge in [0.05, 0.1) is 0 Å². The van der Waals surface area contributed by atoms with E-state index in [-0.39, 0.29) is 0 Å². The molecule has 1 aromatic carbocycles. The standard InChI is InChI=1S/C8H10BN/c1-6-4-3-5-7(2)8(6)10-9/h3-5,10H,1-2H3. The number of benzene rings is 1. The minimum absolute atomic E-state index is 1.03. The minimum atomic E-state index is 1.03. The van der Waals surface area contributed by atoms with E-state index in [2.05, 4.69) is 5.23 Å². The normalized spacial score (nSPS) is 9.40. The molecule has 10 heavy (non-hydrogen) atoms. The summed E-state index contributed by atoms with van der Waals surface area (Å²) in [6, 6.07) is 6.08. The Bertz CT molecular complexity index is 212. The highest BCUT2D eigenvalue weighted by Crippen LogP contribution is 2.17. The summed E-state index contributed by atoms with van der Waals surface area (Å²) in [7, 11) is 5.30. The first-order valence-electron chi connectivity index (χ1n) is 3.28. The van der Waals surface area contributed by atoms with Crippen molar-refractivity contribution < 1.29 is 0 Å². The van der Waals surface area contributed by atoms with Crippen molar-refractivity contribution in [3.05, 3.63) is 29.3 Å². The van der Waals surface area contributed by atoms with E-state index in [4.69, 9.17) is 7.98 Å². The Hall–Kier alpha value is -0.915. The van der Waals surface area contributed by atoms with Crippen LogP contribution in [-0.2, 0) is 0 Å². The molecule has 0 aliphatic heterocycles. The Morgan fingerprint density at radius 1 is 1.20 bits per heavy atom. The average molecular weight is 131 g/mol. The van der Waals surface area contributed by atoms with Gasteiger partial charge in [0.15, 0.2) is 0 Å². The van der Waals surface area contributed by atoms with Crippen molar-refractivity contribution in [2.24, 2.45) is 0 Å². The van der Waals surface area contributed by atoms with Crippen LogP contribution < -0.4 is 5.23 Å². The van der Waals surface area contributed by atoms with Crippen molar-refractivity contribution >= 4 is 13.7 Å². The minimum Gasteiger partial charge on any atom is -0.437 e. The maximum Gasteiger partial charge on any atom is 0.222 e. The number of rotatable bonds is 1. The third kappa shape index (κ3) is 1.15. The second kappa shape index (κ2) is 2.78. The van der Waals surface area contributed by atoms with Crippen molar-refractivity contribution in [2.45, 2.75) is 13.8 Å². The molecule has 0 aromatic heterocycles. The highest BCUT2D eigenvalue weighted by molar-refractivity contribution is 6.16. The van der Waals surface area contributed by atoms with E-state index in [1.165, 1.54) is 11.1 Å². The van der Waals surface area contributed by atoms with Gasteiger partial charge in [-0.05, 0) is 25.0 Å². The molecule has 0 heterocycles. The van der Waals surface area contributed by atoms with Gasteiger partial charge >= 0.3 is 0 Å². The topological polar surface area (TPSA) is 12.0 Å². The zero-order valence-electron chi connectivity index (χ0n) is 6.31. The lowest BCUT2D eigenvalue weighted by Gasteiger charge is -2.07. The van der Waals surface area contributed by atoms with Crippen LogP contribution in [0.1, 0.15) is 11.1 Å². The summed E-state index contributed by atoms with van der Waals surface area (Å²) in [6.07, 6.45) is 0. The van der Waals surface area contributed by atoms with E-state index in [0.717, 1.165) is 5.69 Å². The molecule has 0 aliphatic carbocycles. The smallest absolute Gasteiger partial charge is 0.222 e. The Morgan fingerprint density at radius 2 is 1.70 bits per heavy atom. The molecule has 0 amide bonds. The number of nitrogens with one attached hydrogen (secondary N) is 1. The molecule has 0 unspecified atom stereocenters. The molecule has 1 nitrogen and oxygen atoms in total. The number of anilines is 1. The van der Waals surface area contributed by atoms with Crippen molar-refractivity contribution in [1.29, 1.82) is 0 Å². The quantitative estimate of drug-likeness (QED) is 0.573. The Morgan fingerprint density at radius 3 is 2.00 bits per heavy atom. The number of aryl methyl sites for hydroxylation is 2. The maximum atomic E-state index is 5.30. The summed E-state index contributed by atoms with van der Waals surface area (Å²) >= 11 is 0. The van der Waals surface area contributed by atoms with Crippen LogP contribution in [0, 0.1) is 13.8 Å². The Kier molecular flexibility index (Phi) is 2.00. The summed E-state index contributed by atoms with van der Waals surface area (Å²) in [6.45, 7) is 4.06. The first kappa shape index (κ1) is 7.20. The molecule has 2 radical (unpaired) electrons. The van der Waals surface area contributed by atoms with Gasteiger partial charge in [0.2, 0.25) is 7.98 Å². The van der Waals surface area contributed by atoms with Gasteiger partial charge in [-0.15, -0.1) is 0 Å². The van der Waals surface area contributed by atoms with Gasteiger partial charge in [0, 0.05) is 5.69 Å². The Labute approximate surface area is 62.9 Å². The van der Waals surface area contributed by atoms with Crippen LogP contribution >= 0.6 is 0 Å². The maximum absolute atomic E-state index is 5.30. The first-order chi connectivity index (χ1) is 4.75. The lowest BCUT2D eigenvalue weighted by atomic mass is 10.1. The average Bonchev–Trinajstić information content (AvgIpc) is 1.88. The SMILES string of the molecule is [B]Nc1c(C)cccc1C. The predicted molar refractivity (Wildman–Crippen MR) is 45.3 cm³/mol. The van der Waals surface area contributed by atoms with Crippen LogP contribution in [0.2, 0.25) is 0 Å². The number of hydrogen-bond donors (Lipinski definition) is 1. The molecule has 1 aromatic rings. The van der Waals surface area contributed by atoms with Crippen molar-refractivity contribution in [1.82, 2.24) is 0 Å². The van der Waals surface area contributed by atoms with E-state index < -0.39 is 0 Å². The van der Waals surface area contributed by atoms with Crippen molar-refractivity contribution in [2.75, 3.05) is 5.23 Å². The molecule has 0 fully saturated rings. The third-order valence-corrected chi connectivity index (χ3v) is 1.63. The second-order valence-corrected chi connectivity index (χ2v) is 2.41. The number of para-hydroxylation sites is 1. The van der Waals surface area contributed by atoms with Gasteiger partial charge in [0.1, 0.15) is 0 Å². The fourth-order valence-corrected chi connectivity index (χ4v) is 1.04. The van der Waals surface area contributed by atoms with Gasteiger partial charge in [0.25, 0.3) is 0 Å². The first-order valence-corrected chi connectivity index (χ1v) is 3.28. The fraction of sp³-hybridized carbons (Fsp3) is 0.250. The molecule has 50 valence electrons. The molecule has 0 saturated carbocycles. The fourth-order valence-electron chi connectivity index (χ4n) is 1.04. The lowest BCUT2D eigenvalue weighted by molar-refractivity contribution is 1.39. The largest absolute Gasteiger partial charge is 0.437 e. The third-order valence-electron chi connectivity index (χ3n) is 1.63. The summed E-state index contributed by atoms with van der Waals surface area (Å²) in [5.41, 5.74) is 3.40. The van der Waals surface area contributed by atoms with E-state index in [1.54, 1.807) is 0 Å². The second-order valence-electron chi connectivity index (χ2n) is 2.41. The van der Waals surface area contributed by atoms with Crippen LogP contribution in [0.4, 0.5) is 5.69 Å². The predicted octanol–water partition coefficient (Wildman–Crippen LogP) is 1.80. The van der Waals surface area contributed by atoms with Crippen LogP contribution in [0.15, 0.2) is 18.2 Å². The van der Waals surface area contributed by atoms with Crippen molar-refractivity contribution in [3.8, 4) is 0 Å². The molecular formula is C8H10BN. The molecule has 0 spiro atoms. The Balaban J connectivity index is 3.17. The lowest BCUT2D eigenvalue weighted by Crippen LogP contribution is -1.95. The molecule has 1 rings (SSSR count). The molecular weight excluding hydrogens is 121 g/mol.